The van der Waals surface area contributed by atoms with Crippen LogP contribution in [0.15, 0.2) is 54.0 Å². The molecule has 1 aliphatic rings. The summed E-state index contributed by atoms with van der Waals surface area (Å²) < 4.78 is 15.8. The van der Waals surface area contributed by atoms with Crippen LogP contribution in [0.25, 0.3) is 0 Å². The fraction of sp³-hybridized carbons (Fsp3) is 0.360. The highest BCUT2D eigenvalue weighted by molar-refractivity contribution is 7.10. The predicted octanol–water partition coefficient (Wildman–Crippen LogP) is 5.65. The number of amides is 2. The smallest absolute Gasteiger partial charge is 0.249 e. The minimum atomic E-state index is -0.916. The molecule has 4 rings (SSSR count). The third-order valence-corrected chi connectivity index (χ3v) is 7.24. The van der Waals surface area contributed by atoms with Crippen molar-refractivity contribution >= 4 is 40.4 Å². The van der Waals surface area contributed by atoms with Crippen LogP contribution in [0.5, 0.6) is 0 Å². The molecule has 1 fully saturated rings. The van der Waals surface area contributed by atoms with Crippen molar-refractivity contribution in [3.8, 4) is 0 Å². The predicted molar refractivity (Wildman–Crippen MR) is 130 cm³/mol. The molecule has 0 saturated heterocycles. The summed E-state index contributed by atoms with van der Waals surface area (Å²) in [4.78, 5) is 29.7. The molecule has 8 heteroatoms. The molecule has 1 N–H and O–H groups in total. The molecule has 0 aliphatic heterocycles. The van der Waals surface area contributed by atoms with E-state index in [0.717, 1.165) is 30.6 Å². The van der Waals surface area contributed by atoms with Crippen molar-refractivity contribution in [3.63, 3.8) is 0 Å². The van der Waals surface area contributed by atoms with Crippen LogP contribution >= 0.6 is 22.9 Å². The molecule has 0 bridgehead atoms. The second kappa shape index (κ2) is 10.5. The number of hydrogen-bond acceptors (Lipinski definition) is 3. The first kappa shape index (κ1) is 23.5. The molecule has 2 amide bonds. The number of carbonyl (C=O) groups is 2. The number of aryl methyl sites for hydroxylation is 1. The van der Waals surface area contributed by atoms with Crippen molar-refractivity contribution in [2.24, 2.45) is 7.05 Å². The van der Waals surface area contributed by atoms with E-state index in [-0.39, 0.29) is 29.3 Å². The number of carbonyl (C=O) groups excluding carboxylic acids is 2. The molecule has 0 radical (unpaired) electrons. The first-order chi connectivity index (χ1) is 15.9. The lowest BCUT2D eigenvalue weighted by Gasteiger charge is -2.33. The van der Waals surface area contributed by atoms with E-state index in [1.165, 1.54) is 40.9 Å². The Bertz CT molecular complexity index is 1110. The Morgan fingerprint density at radius 2 is 2.00 bits per heavy atom. The summed E-state index contributed by atoms with van der Waals surface area (Å²) in [6.45, 7) is 0. The Hall–Kier alpha value is -2.64. The Labute approximate surface area is 202 Å². The Balaban J connectivity index is 1.75. The lowest BCUT2D eigenvalue weighted by atomic mass is 9.95. The lowest BCUT2D eigenvalue weighted by molar-refractivity contribution is -0.127. The summed E-state index contributed by atoms with van der Waals surface area (Å²) in [6.07, 6.45) is 7.16. The van der Waals surface area contributed by atoms with Crippen LogP contribution in [0, 0.1) is 5.82 Å². The molecular formula is C25H27ClFN3O2S. The van der Waals surface area contributed by atoms with Gasteiger partial charge in [0, 0.05) is 29.9 Å². The molecule has 2 heterocycles. The fourth-order valence-corrected chi connectivity index (χ4v) is 5.26. The van der Waals surface area contributed by atoms with E-state index in [0.29, 0.717) is 11.4 Å². The van der Waals surface area contributed by atoms with E-state index in [1.54, 1.807) is 0 Å². The first-order valence-corrected chi connectivity index (χ1v) is 12.4. The number of benzene rings is 1. The van der Waals surface area contributed by atoms with Gasteiger partial charge >= 0.3 is 0 Å². The summed E-state index contributed by atoms with van der Waals surface area (Å²) in [5.41, 5.74) is 1.05. The lowest BCUT2D eigenvalue weighted by Crippen LogP contribution is -2.48. The van der Waals surface area contributed by atoms with E-state index >= 15 is 0 Å². The third kappa shape index (κ3) is 5.47. The van der Waals surface area contributed by atoms with E-state index in [9.17, 15) is 14.0 Å². The van der Waals surface area contributed by atoms with E-state index in [4.69, 9.17) is 11.6 Å². The molecule has 1 aromatic carbocycles. The molecule has 0 spiro atoms. The Morgan fingerprint density at radius 3 is 2.64 bits per heavy atom. The minimum absolute atomic E-state index is 0.0834. The van der Waals surface area contributed by atoms with Gasteiger partial charge in [-0.25, -0.2) is 4.39 Å². The molecule has 1 aliphatic carbocycles. The molecule has 174 valence electrons. The number of halogens is 2. The average molecular weight is 488 g/mol. The number of nitrogens with one attached hydrogen (secondary N) is 1. The van der Waals surface area contributed by atoms with Gasteiger partial charge in [-0.2, -0.15) is 0 Å². The number of aromatic nitrogens is 1. The standard InChI is InChI=1S/C25H27ClFN3O2S/c1-29-13-5-10-22(29)24(25(32)28-17-7-3-2-4-8-17)30(18-11-12-21(27)20(26)15-18)23(31)16-19-9-6-14-33-19/h5-6,9-15,17,24H,2-4,7-8,16H2,1H3,(H,28,32)/t24-/m0/s1. The molecular weight excluding hydrogens is 461 g/mol. The highest BCUT2D eigenvalue weighted by atomic mass is 35.5. The SMILES string of the molecule is Cn1cccc1[C@@H](C(=O)NC1CCCCC1)N(C(=O)Cc1cccs1)c1ccc(F)c(Cl)c1. The molecule has 3 aromatic rings. The van der Waals surface area contributed by atoms with Gasteiger partial charge in [-0.05, 0) is 54.6 Å². The third-order valence-electron chi connectivity index (χ3n) is 6.08. The Morgan fingerprint density at radius 1 is 1.21 bits per heavy atom. The summed E-state index contributed by atoms with van der Waals surface area (Å²) >= 11 is 7.56. The number of nitrogens with zero attached hydrogens (tertiary/aromatic N) is 2. The van der Waals surface area contributed by atoms with Crippen molar-refractivity contribution < 1.29 is 14.0 Å². The number of rotatable bonds is 7. The molecule has 0 unspecified atom stereocenters. The van der Waals surface area contributed by atoms with Crippen molar-refractivity contribution in [1.82, 2.24) is 9.88 Å². The van der Waals surface area contributed by atoms with Gasteiger partial charge in [-0.1, -0.05) is 36.9 Å². The van der Waals surface area contributed by atoms with Crippen molar-refractivity contribution in [2.75, 3.05) is 4.90 Å². The molecule has 2 aromatic heterocycles. The van der Waals surface area contributed by atoms with Gasteiger partial charge in [-0.15, -0.1) is 11.3 Å². The number of anilines is 1. The van der Waals surface area contributed by atoms with E-state index < -0.39 is 11.9 Å². The Kier molecular flexibility index (Phi) is 7.50. The summed E-state index contributed by atoms with van der Waals surface area (Å²) in [5.74, 6) is -1.08. The number of thiophene rings is 1. The quantitative estimate of drug-likeness (QED) is 0.468. The zero-order chi connectivity index (χ0) is 23.4. The number of hydrogen-bond donors (Lipinski definition) is 1. The van der Waals surface area contributed by atoms with Crippen LogP contribution in [0.2, 0.25) is 5.02 Å². The minimum Gasteiger partial charge on any atom is -0.352 e. The van der Waals surface area contributed by atoms with Crippen LogP contribution in [-0.2, 0) is 23.1 Å². The van der Waals surface area contributed by atoms with Crippen LogP contribution in [0.3, 0.4) is 0 Å². The van der Waals surface area contributed by atoms with Crippen LogP contribution in [0.1, 0.15) is 48.7 Å². The maximum Gasteiger partial charge on any atom is 0.249 e. The first-order valence-electron chi connectivity index (χ1n) is 11.1. The van der Waals surface area contributed by atoms with Crippen LogP contribution < -0.4 is 10.2 Å². The van der Waals surface area contributed by atoms with Crippen molar-refractivity contribution in [2.45, 2.75) is 50.6 Å². The maximum absolute atomic E-state index is 14.0. The van der Waals surface area contributed by atoms with Gasteiger partial charge < -0.3 is 9.88 Å². The van der Waals surface area contributed by atoms with Gasteiger partial charge in [0.15, 0.2) is 6.04 Å². The van der Waals surface area contributed by atoms with Gasteiger partial charge in [0.1, 0.15) is 5.82 Å². The van der Waals surface area contributed by atoms with Gasteiger partial charge in [0.2, 0.25) is 11.8 Å². The van der Waals surface area contributed by atoms with Gasteiger partial charge in [0.25, 0.3) is 0 Å². The van der Waals surface area contributed by atoms with E-state index in [1.807, 2.05) is 47.5 Å². The summed E-state index contributed by atoms with van der Waals surface area (Å²) in [7, 11) is 1.84. The molecule has 1 atom stereocenters. The van der Waals surface area contributed by atoms with E-state index in [2.05, 4.69) is 5.32 Å². The normalized spacial score (nSPS) is 15.2. The fourth-order valence-electron chi connectivity index (χ4n) is 4.39. The highest BCUT2D eigenvalue weighted by Gasteiger charge is 2.35. The van der Waals surface area contributed by atoms with Gasteiger partial charge in [0.05, 0.1) is 17.1 Å². The van der Waals surface area contributed by atoms with Crippen molar-refractivity contribution in [3.05, 3.63) is 75.5 Å². The monoisotopic (exact) mass is 487 g/mol. The zero-order valence-electron chi connectivity index (χ0n) is 18.5. The molecule has 33 heavy (non-hydrogen) atoms. The highest BCUT2D eigenvalue weighted by Crippen LogP contribution is 2.32. The molecule has 5 nitrogen and oxygen atoms in total. The second-order valence-electron chi connectivity index (χ2n) is 8.41. The average Bonchev–Trinajstić information content (AvgIpc) is 3.46. The summed E-state index contributed by atoms with van der Waals surface area (Å²) in [6, 6.07) is 10.8. The topological polar surface area (TPSA) is 54.3 Å². The maximum atomic E-state index is 14.0. The van der Waals surface area contributed by atoms with Gasteiger partial charge in [-0.3, -0.25) is 14.5 Å². The zero-order valence-corrected chi connectivity index (χ0v) is 20.0. The largest absolute Gasteiger partial charge is 0.352 e. The van der Waals surface area contributed by atoms with Crippen LogP contribution in [0.4, 0.5) is 10.1 Å². The second-order valence-corrected chi connectivity index (χ2v) is 9.85. The van der Waals surface area contributed by atoms with Crippen molar-refractivity contribution in [1.29, 1.82) is 0 Å². The summed E-state index contributed by atoms with van der Waals surface area (Å²) in [5, 5.41) is 4.99. The molecule has 1 saturated carbocycles. The van der Waals surface area contributed by atoms with Crippen LogP contribution in [-0.4, -0.2) is 22.4 Å².